The van der Waals surface area contributed by atoms with Crippen LogP contribution in [0.1, 0.15) is 39.4 Å². The van der Waals surface area contributed by atoms with E-state index >= 15 is 0 Å². The smallest absolute Gasteiger partial charge is 0.194 e. The van der Waals surface area contributed by atoms with Crippen molar-refractivity contribution < 1.29 is 0 Å². The molecule has 1 aliphatic rings. The molecule has 2 rings (SSSR count). The van der Waals surface area contributed by atoms with Gasteiger partial charge >= 0.3 is 0 Å². The summed E-state index contributed by atoms with van der Waals surface area (Å²) in [4.78, 5) is 11.3. The van der Waals surface area contributed by atoms with Gasteiger partial charge in [0.25, 0.3) is 0 Å². The van der Waals surface area contributed by atoms with Crippen molar-refractivity contribution in [2.75, 3.05) is 20.1 Å². The van der Waals surface area contributed by atoms with Gasteiger partial charge in [0.05, 0.1) is 6.54 Å². The largest absolute Gasteiger partial charge is 0.349 e. The van der Waals surface area contributed by atoms with Crippen LogP contribution in [0, 0.1) is 11.8 Å². The molecule has 22 heavy (non-hydrogen) atoms. The highest BCUT2D eigenvalue weighted by Gasteiger charge is 2.19. The van der Waals surface area contributed by atoms with E-state index in [4.69, 9.17) is 0 Å². The highest BCUT2D eigenvalue weighted by atomic mass is 127. The summed E-state index contributed by atoms with van der Waals surface area (Å²) in [5.41, 5.74) is 0. The van der Waals surface area contributed by atoms with Gasteiger partial charge in [0, 0.05) is 39.1 Å². The summed E-state index contributed by atoms with van der Waals surface area (Å²) in [7, 11) is 1.86. The second-order valence-electron chi connectivity index (χ2n) is 6.48. The number of halogens is 1. The molecule has 1 atom stereocenters. The number of aromatic nitrogens is 2. The molecule has 0 amide bonds. The monoisotopic (exact) mass is 419 g/mol. The van der Waals surface area contributed by atoms with Crippen molar-refractivity contribution >= 4 is 29.9 Å². The van der Waals surface area contributed by atoms with Gasteiger partial charge in [-0.1, -0.05) is 20.8 Å². The Morgan fingerprint density at radius 2 is 2.27 bits per heavy atom. The van der Waals surface area contributed by atoms with Crippen LogP contribution in [0.3, 0.4) is 0 Å². The third-order valence-electron chi connectivity index (χ3n) is 3.94. The van der Waals surface area contributed by atoms with Crippen molar-refractivity contribution in [3.8, 4) is 0 Å². The summed E-state index contributed by atoms with van der Waals surface area (Å²) in [5.74, 6) is 3.45. The van der Waals surface area contributed by atoms with Crippen LogP contribution in [0.4, 0.5) is 0 Å². The predicted molar refractivity (Wildman–Crippen MR) is 103 cm³/mol. The Hall–Kier alpha value is -0.790. The normalized spacial score (nSPS) is 19.2. The molecule has 5 nitrogen and oxygen atoms in total. The Morgan fingerprint density at radius 3 is 2.91 bits per heavy atom. The minimum absolute atomic E-state index is 0. The van der Waals surface area contributed by atoms with Crippen molar-refractivity contribution in [3.63, 3.8) is 0 Å². The maximum absolute atomic E-state index is 4.46. The Morgan fingerprint density at radius 1 is 1.50 bits per heavy atom. The average molecular weight is 419 g/mol. The molecule has 6 heteroatoms. The van der Waals surface area contributed by atoms with E-state index in [1.165, 1.54) is 12.8 Å². The van der Waals surface area contributed by atoms with E-state index in [-0.39, 0.29) is 24.0 Å². The lowest BCUT2D eigenvalue weighted by molar-refractivity contribution is 0.265. The lowest BCUT2D eigenvalue weighted by Crippen LogP contribution is -2.46. The number of nitrogens with zero attached hydrogens (tertiary/aromatic N) is 4. The molecule has 126 valence electrons. The first-order chi connectivity index (χ1) is 10.1. The molecule has 1 aromatic heterocycles. The van der Waals surface area contributed by atoms with Gasteiger partial charge in [-0.25, -0.2) is 4.98 Å². The van der Waals surface area contributed by atoms with Crippen molar-refractivity contribution in [3.05, 3.63) is 18.2 Å². The first kappa shape index (κ1) is 19.3. The van der Waals surface area contributed by atoms with E-state index in [0.29, 0.717) is 5.92 Å². The second-order valence-corrected chi connectivity index (χ2v) is 6.48. The van der Waals surface area contributed by atoms with Crippen molar-refractivity contribution in [2.45, 2.75) is 46.7 Å². The van der Waals surface area contributed by atoms with E-state index in [1.54, 1.807) is 0 Å². The van der Waals surface area contributed by atoms with Gasteiger partial charge < -0.3 is 14.8 Å². The van der Waals surface area contributed by atoms with Crippen LogP contribution in [-0.4, -0.2) is 40.5 Å². The fraction of sp³-hybridized carbons (Fsp3) is 0.750. The maximum Gasteiger partial charge on any atom is 0.194 e. The Balaban J connectivity index is 0.00000242. The summed E-state index contributed by atoms with van der Waals surface area (Å²) in [6.45, 7) is 10.7. The molecule has 0 radical (unpaired) electrons. The standard InChI is InChI=1S/C16H29N5.HI/c1-13(2)11-20-9-7-18-15(20)10-19-16(17-4)21-8-5-6-14(3)12-21;/h7,9,13-14H,5-6,8,10-12H2,1-4H3,(H,17,19);1H. The molecule has 0 aliphatic carbocycles. The number of rotatable bonds is 4. The van der Waals surface area contributed by atoms with Crippen LogP contribution in [0.2, 0.25) is 0 Å². The SMILES string of the molecule is CN=C(NCc1nccn1CC(C)C)N1CCCC(C)C1.I. The zero-order valence-corrected chi connectivity index (χ0v) is 16.6. The minimum atomic E-state index is 0. The van der Waals surface area contributed by atoms with E-state index in [0.717, 1.165) is 43.9 Å². The lowest BCUT2D eigenvalue weighted by Gasteiger charge is -2.33. The fourth-order valence-corrected chi connectivity index (χ4v) is 2.94. The summed E-state index contributed by atoms with van der Waals surface area (Å²) in [6.07, 6.45) is 6.52. The Kier molecular flexibility index (Phi) is 8.20. The number of aliphatic imine (C=N–C) groups is 1. The van der Waals surface area contributed by atoms with Crippen LogP contribution in [0.15, 0.2) is 17.4 Å². The molecule has 2 heterocycles. The molecule has 0 spiro atoms. The molecule has 1 aromatic rings. The van der Waals surface area contributed by atoms with E-state index in [2.05, 4.69) is 51.7 Å². The van der Waals surface area contributed by atoms with E-state index in [9.17, 15) is 0 Å². The average Bonchev–Trinajstić information content (AvgIpc) is 2.86. The predicted octanol–water partition coefficient (Wildman–Crippen LogP) is 2.96. The lowest BCUT2D eigenvalue weighted by atomic mass is 10.0. The zero-order chi connectivity index (χ0) is 15.2. The highest BCUT2D eigenvalue weighted by molar-refractivity contribution is 14.0. The molecule has 1 aliphatic heterocycles. The highest BCUT2D eigenvalue weighted by Crippen LogP contribution is 2.15. The molecule has 1 saturated heterocycles. The summed E-state index contributed by atoms with van der Waals surface area (Å²) >= 11 is 0. The second kappa shape index (κ2) is 9.37. The molecular formula is C16H30IN5. The van der Waals surface area contributed by atoms with Crippen LogP contribution in [0.25, 0.3) is 0 Å². The number of hydrogen-bond donors (Lipinski definition) is 1. The Labute approximate surface area is 151 Å². The van der Waals surface area contributed by atoms with Gasteiger partial charge in [-0.05, 0) is 24.7 Å². The third-order valence-corrected chi connectivity index (χ3v) is 3.94. The number of piperidine rings is 1. The number of likely N-dealkylation sites (tertiary alicyclic amines) is 1. The molecular weight excluding hydrogens is 389 g/mol. The number of nitrogens with one attached hydrogen (secondary N) is 1. The molecule has 0 aromatic carbocycles. The number of hydrogen-bond acceptors (Lipinski definition) is 2. The van der Waals surface area contributed by atoms with Crippen molar-refractivity contribution in [1.29, 1.82) is 0 Å². The first-order valence-electron chi connectivity index (χ1n) is 8.05. The zero-order valence-electron chi connectivity index (χ0n) is 14.2. The summed E-state index contributed by atoms with van der Waals surface area (Å²) in [6, 6.07) is 0. The minimum Gasteiger partial charge on any atom is -0.349 e. The topological polar surface area (TPSA) is 45.5 Å². The molecule has 1 fully saturated rings. The Bertz CT molecular complexity index is 469. The van der Waals surface area contributed by atoms with Crippen LogP contribution >= 0.6 is 24.0 Å². The van der Waals surface area contributed by atoms with Crippen LogP contribution in [0.5, 0.6) is 0 Å². The third kappa shape index (κ3) is 5.44. The quantitative estimate of drug-likeness (QED) is 0.464. The fourth-order valence-electron chi connectivity index (χ4n) is 2.94. The van der Waals surface area contributed by atoms with Crippen molar-refractivity contribution in [2.24, 2.45) is 16.8 Å². The molecule has 0 saturated carbocycles. The number of imidazole rings is 1. The number of guanidine groups is 1. The molecule has 1 N–H and O–H groups in total. The van der Waals surface area contributed by atoms with Gasteiger partial charge in [-0.3, -0.25) is 4.99 Å². The summed E-state index contributed by atoms with van der Waals surface area (Å²) in [5, 5.41) is 3.47. The molecule has 0 bridgehead atoms. The van der Waals surface area contributed by atoms with Gasteiger partial charge in [0.15, 0.2) is 5.96 Å². The van der Waals surface area contributed by atoms with Gasteiger partial charge in [0.2, 0.25) is 0 Å². The van der Waals surface area contributed by atoms with Gasteiger partial charge in [-0.2, -0.15) is 0 Å². The maximum atomic E-state index is 4.46. The van der Waals surface area contributed by atoms with Crippen LogP contribution < -0.4 is 5.32 Å². The van der Waals surface area contributed by atoms with Gasteiger partial charge in [-0.15, -0.1) is 24.0 Å². The summed E-state index contributed by atoms with van der Waals surface area (Å²) < 4.78 is 2.23. The van der Waals surface area contributed by atoms with Gasteiger partial charge in [0.1, 0.15) is 5.82 Å². The first-order valence-corrected chi connectivity index (χ1v) is 8.05. The molecule has 1 unspecified atom stereocenters. The van der Waals surface area contributed by atoms with Crippen molar-refractivity contribution in [1.82, 2.24) is 19.8 Å². The van der Waals surface area contributed by atoms with Crippen LogP contribution in [-0.2, 0) is 13.1 Å². The van der Waals surface area contributed by atoms with E-state index in [1.807, 2.05) is 13.2 Å². The van der Waals surface area contributed by atoms with E-state index < -0.39 is 0 Å².